The van der Waals surface area contributed by atoms with Crippen molar-refractivity contribution in [3.63, 3.8) is 0 Å². The highest BCUT2D eigenvalue weighted by Gasteiger charge is 2.64. The topological polar surface area (TPSA) is 78.9 Å². The molecule has 192 valence electrons. The second kappa shape index (κ2) is 9.81. The molecular formula is C28H44O6. The summed E-state index contributed by atoms with van der Waals surface area (Å²) in [4.78, 5) is 37.4. The van der Waals surface area contributed by atoms with Gasteiger partial charge in [0.1, 0.15) is 11.9 Å². The Kier molecular flexibility index (Phi) is 7.36. The Hall–Kier alpha value is -1.59. The van der Waals surface area contributed by atoms with E-state index in [1.54, 1.807) is 6.92 Å². The van der Waals surface area contributed by atoms with Crippen LogP contribution in [0.1, 0.15) is 91.9 Å². The summed E-state index contributed by atoms with van der Waals surface area (Å²) in [5.41, 5.74) is -0.118. The van der Waals surface area contributed by atoms with Crippen molar-refractivity contribution in [3.05, 3.63) is 0 Å². The lowest BCUT2D eigenvalue weighted by molar-refractivity contribution is -0.161. The first-order valence-corrected chi connectivity index (χ1v) is 13.6. The van der Waals surface area contributed by atoms with E-state index in [1.807, 2.05) is 0 Å². The van der Waals surface area contributed by atoms with Gasteiger partial charge in [0.25, 0.3) is 0 Å². The maximum atomic E-state index is 13.9. The largest absolute Gasteiger partial charge is 0.508 e. The number of esters is 1. The lowest BCUT2D eigenvalue weighted by Gasteiger charge is -2.60. The highest BCUT2D eigenvalue weighted by molar-refractivity contribution is 5.87. The van der Waals surface area contributed by atoms with Gasteiger partial charge >= 0.3 is 12.1 Å². The Morgan fingerprint density at radius 3 is 2.56 bits per heavy atom. The number of hydrogen-bond donors (Lipinski definition) is 0. The molecule has 4 rings (SSSR count). The monoisotopic (exact) mass is 476 g/mol. The molecule has 9 unspecified atom stereocenters. The molecular weight excluding hydrogens is 432 g/mol. The summed E-state index contributed by atoms with van der Waals surface area (Å²) in [6.45, 7) is 9.02. The highest BCUT2D eigenvalue weighted by atomic mass is 16.7. The number of ketones is 1. The molecule has 34 heavy (non-hydrogen) atoms. The van der Waals surface area contributed by atoms with Crippen LogP contribution < -0.4 is 0 Å². The summed E-state index contributed by atoms with van der Waals surface area (Å²) < 4.78 is 15.4. The van der Waals surface area contributed by atoms with Crippen molar-refractivity contribution in [3.8, 4) is 0 Å². The van der Waals surface area contributed by atoms with E-state index in [-0.39, 0.29) is 22.9 Å². The fourth-order valence-corrected chi connectivity index (χ4v) is 8.91. The van der Waals surface area contributed by atoms with Crippen molar-refractivity contribution in [1.82, 2.24) is 0 Å². The Morgan fingerprint density at radius 2 is 1.85 bits per heavy atom. The molecule has 4 aliphatic rings. The van der Waals surface area contributed by atoms with Crippen LogP contribution >= 0.6 is 0 Å². The van der Waals surface area contributed by atoms with Gasteiger partial charge in [-0.05, 0) is 99.2 Å². The van der Waals surface area contributed by atoms with Crippen LogP contribution in [0.15, 0.2) is 0 Å². The molecule has 0 aromatic heterocycles. The van der Waals surface area contributed by atoms with E-state index in [0.717, 1.165) is 44.9 Å². The minimum Gasteiger partial charge on any atom is -0.469 e. The minimum absolute atomic E-state index is 0.0650. The van der Waals surface area contributed by atoms with Gasteiger partial charge in [-0.1, -0.05) is 20.8 Å². The number of carbonyl (C=O) groups excluding carboxylic acids is 3. The van der Waals surface area contributed by atoms with Gasteiger partial charge in [0.05, 0.1) is 13.7 Å². The first-order valence-electron chi connectivity index (χ1n) is 13.6. The molecule has 0 amide bonds. The first-order chi connectivity index (χ1) is 16.1. The molecule has 4 fully saturated rings. The van der Waals surface area contributed by atoms with Crippen LogP contribution in [0.4, 0.5) is 4.79 Å². The predicted octanol–water partition coefficient (Wildman–Crippen LogP) is 5.96. The molecule has 0 bridgehead atoms. The average Bonchev–Trinajstić information content (AvgIpc) is 3.17. The highest BCUT2D eigenvalue weighted by Crippen LogP contribution is 2.67. The van der Waals surface area contributed by atoms with Gasteiger partial charge in [0, 0.05) is 18.3 Å². The molecule has 0 saturated heterocycles. The van der Waals surface area contributed by atoms with Crippen LogP contribution in [0, 0.1) is 46.3 Å². The predicted molar refractivity (Wildman–Crippen MR) is 128 cm³/mol. The van der Waals surface area contributed by atoms with Crippen molar-refractivity contribution < 1.29 is 28.6 Å². The van der Waals surface area contributed by atoms with Gasteiger partial charge in [-0.2, -0.15) is 0 Å². The van der Waals surface area contributed by atoms with Crippen LogP contribution in [0.5, 0.6) is 0 Å². The average molecular weight is 477 g/mol. The number of hydrogen-bond acceptors (Lipinski definition) is 6. The molecule has 6 heteroatoms. The quantitative estimate of drug-likeness (QED) is 0.440. The lowest BCUT2D eigenvalue weighted by Crippen LogP contribution is -2.57. The second-order valence-corrected chi connectivity index (χ2v) is 12.0. The summed E-state index contributed by atoms with van der Waals surface area (Å²) in [7, 11) is 1.44. The maximum Gasteiger partial charge on any atom is 0.508 e. The Balaban J connectivity index is 1.47. The van der Waals surface area contributed by atoms with E-state index in [2.05, 4.69) is 20.8 Å². The minimum atomic E-state index is -0.549. The summed E-state index contributed by atoms with van der Waals surface area (Å²) in [6, 6.07) is 0. The van der Waals surface area contributed by atoms with Gasteiger partial charge in [-0.15, -0.1) is 0 Å². The zero-order valence-corrected chi connectivity index (χ0v) is 21.8. The molecule has 0 heterocycles. The van der Waals surface area contributed by atoms with Gasteiger partial charge in [0.15, 0.2) is 0 Å². The molecule has 0 aromatic carbocycles. The molecule has 4 aliphatic carbocycles. The number of Topliss-reactive ketones (excluding diaryl/α,β-unsaturated/α-hetero) is 1. The van der Waals surface area contributed by atoms with Gasteiger partial charge in [-0.25, -0.2) is 4.79 Å². The number of fused-ring (bicyclic) bond motifs is 5. The summed E-state index contributed by atoms with van der Waals surface area (Å²) in [6.07, 6.45) is 8.62. The van der Waals surface area contributed by atoms with E-state index in [1.165, 1.54) is 13.5 Å². The Labute approximate surface area is 204 Å². The van der Waals surface area contributed by atoms with Crippen molar-refractivity contribution in [1.29, 1.82) is 0 Å². The number of ether oxygens (including phenoxy) is 3. The third kappa shape index (κ3) is 4.28. The second-order valence-electron chi connectivity index (χ2n) is 12.0. The van der Waals surface area contributed by atoms with E-state index in [9.17, 15) is 14.4 Å². The molecule has 6 nitrogen and oxygen atoms in total. The van der Waals surface area contributed by atoms with Crippen molar-refractivity contribution in [2.45, 2.75) is 98.0 Å². The van der Waals surface area contributed by atoms with Crippen molar-refractivity contribution in [2.24, 2.45) is 46.3 Å². The normalized spacial score (nSPS) is 42.1. The number of rotatable bonds is 6. The van der Waals surface area contributed by atoms with Gasteiger partial charge in [0.2, 0.25) is 0 Å². The number of carbonyl (C=O) groups is 3. The molecule has 0 N–H and O–H groups in total. The van der Waals surface area contributed by atoms with Crippen molar-refractivity contribution >= 4 is 17.9 Å². The van der Waals surface area contributed by atoms with E-state index >= 15 is 0 Å². The fraction of sp³-hybridized carbons (Fsp3) is 0.893. The first kappa shape index (κ1) is 25.5. The van der Waals surface area contributed by atoms with Crippen LogP contribution in [0.25, 0.3) is 0 Å². The fourth-order valence-electron chi connectivity index (χ4n) is 8.91. The smallest absolute Gasteiger partial charge is 0.469 e. The van der Waals surface area contributed by atoms with Crippen LogP contribution in [0.3, 0.4) is 0 Å². The van der Waals surface area contributed by atoms with Crippen LogP contribution in [0.2, 0.25) is 0 Å². The maximum absolute atomic E-state index is 13.9. The number of methoxy groups -OCH3 is 1. The van der Waals surface area contributed by atoms with Crippen LogP contribution in [-0.4, -0.2) is 37.7 Å². The lowest BCUT2D eigenvalue weighted by atomic mass is 9.44. The van der Waals surface area contributed by atoms with E-state index < -0.39 is 6.16 Å². The molecule has 0 spiro atoms. The molecule has 0 radical (unpaired) electrons. The van der Waals surface area contributed by atoms with Crippen LogP contribution in [-0.2, 0) is 23.8 Å². The zero-order valence-electron chi connectivity index (χ0n) is 21.8. The molecule has 0 aliphatic heterocycles. The van der Waals surface area contributed by atoms with Gasteiger partial charge < -0.3 is 14.2 Å². The van der Waals surface area contributed by atoms with Gasteiger partial charge in [-0.3, -0.25) is 9.59 Å². The molecule has 9 atom stereocenters. The van der Waals surface area contributed by atoms with Crippen molar-refractivity contribution in [2.75, 3.05) is 13.7 Å². The Morgan fingerprint density at radius 1 is 1.09 bits per heavy atom. The molecule has 0 aromatic rings. The van der Waals surface area contributed by atoms with E-state index in [4.69, 9.17) is 14.2 Å². The SMILES string of the molecule is CCOC(=O)OC1CCC2(C)C(CCC3C2CC(=O)C2(C)C(C(C)CCC(=O)OC)CCC32)C1. The standard InChI is InChI=1S/C28H44O6/c1-6-33-26(31)34-19-13-14-27(3)18(15-19)8-9-20-22-11-10-21(17(2)7-12-25(30)32-5)28(22,4)24(29)16-23(20)27/h17-23H,6-16H2,1-5H3. The van der Waals surface area contributed by atoms with E-state index in [0.29, 0.717) is 60.7 Å². The Bertz CT molecular complexity index is 794. The summed E-state index contributed by atoms with van der Waals surface area (Å²) in [5, 5.41) is 0. The zero-order chi connectivity index (χ0) is 24.7. The summed E-state index contributed by atoms with van der Waals surface area (Å²) >= 11 is 0. The summed E-state index contributed by atoms with van der Waals surface area (Å²) in [5.74, 6) is 2.99. The third-order valence-corrected chi connectivity index (χ3v) is 10.8. The molecule has 4 saturated carbocycles. The third-order valence-electron chi connectivity index (χ3n) is 10.8.